The van der Waals surface area contributed by atoms with Crippen molar-refractivity contribution in [1.29, 1.82) is 0 Å². The van der Waals surface area contributed by atoms with Gasteiger partial charge in [0.1, 0.15) is 0 Å². The van der Waals surface area contributed by atoms with Crippen LogP contribution in [0, 0.1) is 6.92 Å². The highest BCUT2D eigenvalue weighted by atomic mass is 32.2. The molecule has 7 rings (SSSR count). The number of carbonyl (C=O) groups is 1. The number of carbonyl (C=O) groups excluding carboxylic acids is 1. The molecule has 10 heteroatoms. The molecular weight excluding hydrogens is 609 g/mol. The van der Waals surface area contributed by atoms with Gasteiger partial charge in [-0.3, -0.25) is 4.79 Å². The molecule has 1 N–H and O–H groups in total. The van der Waals surface area contributed by atoms with Gasteiger partial charge in [0.05, 0.1) is 16.3 Å². The lowest BCUT2D eigenvalue weighted by Gasteiger charge is -2.35. The summed E-state index contributed by atoms with van der Waals surface area (Å²) in [6.07, 6.45) is 5.75. The van der Waals surface area contributed by atoms with Crippen LogP contribution >= 0.6 is 0 Å². The minimum Gasteiger partial charge on any atom is -0.381 e. The van der Waals surface area contributed by atoms with E-state index in [2.05, 4.69) is 40.4 Å². The molecule has 1 saturated carbocycles. The maximum Gasteiger partial charge on any atom is 0.269 e. The molecular formula is C37H40N6O3S. The molecule has 1 aliphatic carbocycles. The molecule has 3 aromatic carbocycles. The van der Waals surface area contributed by atoms with Crippen molar-refractivity contribution in [3.05, 3.63) is 96.3 Å². The number of aryl methyl sites for hydroxylation is 1. The molecule has 0 radical (unpaired) electrons. The van der Waals surface area contributed by atoms with E-state index in [4.69, 9.17) is 4.98 Å². The highest BCUT2D eigenvalue weighted by Crippen LogP contribution is 2.38. The number of piperazine rings is 1. The summed E-state index contributed by atoms with van der Waals surface area (Å²) in [6.45, 7) is 5.94. The minimum atomic E-state index is -3.94. The van der Waals surface area contributed by atoms with Gasteiger partial charge in [0.2, 0.25) is 0 Å². The third kappa shape index (κ3) is 6.11. The number of pyridine rings is 1. The normalized spacial score (nSPS) is 15.6. The number of nitrogens with zero attached hydrogens (tertiary/aromatic N) is 5. The lowest BCUT2D eigenvalue weighted by Crippen LogP contribution is -2.44. The average molecular weight is 649 g/mol. The molecule has 2 aromatic heterocycles. The molecule has 47 heavy (non-hydrogen) atoms. The van der Waals surface area contributed by atoms with E-state index in [1.807, 2.05) is 25.1 Å². The third-order valence-corrected chi connectivity index (χ3v) is 10.8. The van der Waals surface area contributed by atoms with Crippen LogP contribution in [0.2, 0.25) is 0 Å². The Hall–Kier alpha value is -4.67. The van der Waals surface area contributed by atoms with Gasteiger partial charge < -0.3 is 20.0 Å². The summed E-state index contributed by atoms with van der Waals surface area (Å²) in [6, 6.07) is 23.2. The number of likely N-dealkylation sites (N-methyl/N-ethyl adjacent to an activating group) is 1. The van der Waals surface area contributed by atoms with E-state index >= 15 is 0 Å². The summed E-state index contributed by atoms with van der Waals surface area (Å²) in [7, 11) is 1.66. The number of nitrogens with one attached hydrogen (secondary N) is 1. The van der Waals surface area contributed by atoms with Crippen LogP contribution in [0.5, 0.6) is 0 Å². The zero-order valence-electron chi connectivity index (χ0n) is 27.3. The van der Waals surface area contributed by atoms with Crippen molar-refractivity contribution in [2.75, 3.05) is 57.5 Å². The summed E-state index contributed by atoms with van der Waals surface area (Å²) < 4.78 is 29.3. The van der Waals surface area contributed by atoms with Crippen molar-refractivity contribution < 1.29 is 13.2 Å². The molecule has 0 unspecified atom stereocenters. The van der Waals surface area contributed by atoms with E-state index in [1.54, 1.807) is 62.9 Å². The Labute approximate surface area is 276 Å². The number of rotatable bonds is 8. The lowest BCUT2D eigenvalue weighted by molar-refractivity contribution is 0.0827. The molecule has 1 saturated heterocycles. The van der Waals surface area contributed by atoms with Gasteiger partial charge in [0.25, 0.3) is 15.9 Å². The minimum absolute atomic E-state index is 0.0967. The molecule has 0 atom stereocenters. The third-order valence-electron chi connectivity index (χ3n) is 9.15. The summed E-state index contributed by atoms with van der Waals surface area (Å²) >= 11 is 0. The Morgan fingerprint density at radius 2 is 1.55 bits per heavy atom. The van der Waals surface area contributed by atoms with Crippen molar-refractivity contribution in [3.63, 3.8) is 0 Å². The van der Waals surface area contributed by atoms with E-state index in [0.717, 1.165) is 59.7 Å². The first-order valence-electron chi connectivity index (χ1n) is 16.1. The molecule has 1 amide bonds. The van der Waals surface area contributed by atoms with Gasteiger partial charge in [0, 0.05) is 80.8 Å². The van der Waals surface area contributed by atoms with Crippen LogP contribution in [-0.2, 0) is 10.0 Å². The maximum absolute atomic E-state index is 14.0. The number of hydrogen-bond donors (Lipinski definition) is 1. The van der Waals surface area contributed by atoms with E-state index in [-0.39, 0.29) is 10.8 Å². The quantitative estimate of drug-likeness (QED) is 0.223. The predicted molar refractivity (Wildman–Crippen MR) is 189 cm³/mol. The van der Waals surface area contributed by atoms with Crippen molar-refractivity contribution >= 4 is 38.3 Å². The standard InChI is InChI=1S/C37H40N6O3S/c1-25-5-14-31(15-6-25)47(45,46)43-24-33(26-7-9-27(10-8-26)37(44)40(2)3)32-21-29(23-38-36(32)43)28-11-16-35(34(22-28)39-30-12-13-30)42-19-17-41(4)18-20-42/h5-11,14-16,21-24,30,39H,12-13,17-20H2,1-4H3. The smallest absolute Gasteiger partial charge is 0.269 e. The van der Waals surface area contributed by atoms with Gasteiger partial charge in [-0.1, -0.05) is 35.9 Å². The first kappa shape index (κ1) is 31.0. The summed E-state index contributed by atoms with van der Waals surface area (Å²) in [5, 5.41) is 4.47. The van der Waals surface area contributed by atoms with Crippen LogP contribution in [0.4, 0.5) is 11.4 Å². The molecule has 3 heterocycles. The van der Waals surface area contributed by atoms with Crippen molar-refractivity contribution in [2.45, 2.75) is 30.7 Å². The summed E-state index contributed by atoms with van der Waals surface area (Å²) in [5.41, 5.74) is 7.64. The molecule has 9 nitrogen and oxygen atoms in total. The number of benzene rings is 3. The monoisotopic (exact) mass is 648 g/mol. The zero-order chi connectivity index (χ0) is 32.9. The average Bonchev–Trinajstić information content (AvgIpc) is 3.81. The molecule has 0 bridgehead atoms. The van der Waals surface area contributed by atoms with Crippen LogP contribution in [0.3, 0.4) is 0 Å². The SMILES string of the molecule is Cc1ccc(S(=O)(=O)n2cc(-c3ccc(C(=O)N(C)C)cc3)c3cc(-c4ccc(N5CCN(C)CC5)c(NC5CC5)c4)cnc32)cc1. The molecule has 1 aliphatic heterocycles. The molecule has 5 aromatic rings. The fraction of sp³-hybridized carbons (Fsp3) is 0.297. The fourth-order valence-corrected chi connectivity index (χ4v) is 7.45. The van der Waals surface area contributed by atoms with Crippen LogP contribution in [0.25, 0.3) is 33.3 Å². The maximum atomic E-state index is 14.0. The Morgan fingerprint density at radius 1 is 0.872 bits per heavy atom. The van der Waals surface area contributed by atoms with Gasteiger partial charge in [-0.05, 0) is 80.4 Å². The van der Waals surface area contributed by atoms with Crippen LogP contribution in [0.15, 0.2) is 90.1 Å². The van der Waals surface area contributed by atoms with Crippen molar-refractivity contribution in [3.8, 4) is 22.3 Å². The Balaban J connectivity index is 1.34. The second kappa shape index (κ2) is 12.2. The van der Waals surface area contributed by atoms with E-state index in [9.17, 15) is 13.2 Å². The fourth-order valence-electron chi connectivity index (χ4n) is 6.13. The molecule has 2 aliphatic rings. The van der Waals surface area contributed by atoms with E-state index in [1.165, 1.54) is 27.4 Å². The van der Waals surface area contributed by atoms with Crippen LogP contribution < -0.4 is 10.2 Å². The second-order valence-corrected chi connectivity index (χ2v) is 14.8. The second-order valence-electron chi connectivity index (χ2n) is 13.0. The van der Waals surface area contributed by atoms with Gasteiger partial charge in [0.15, 0.2) is 5.65 Å². The first-order chi connectivity index (χ1) is 22.6. The largest absolute Gasteiger partial charge is 0.381 e. The highest BCUT2D eigenvalue weighted by Gasteiger charge is 2.26. The van der Waals surface area contributed by atoms with Gasteiger partial charge in [-0.2, -0.15) is 0 Å². The number of hydrogen-bond acceptors (Lipinski definition) is 7. The number of anilines is 2. The number of fused-ring (bicyclic) bond motifs is 1. The van der Waals surface area contributed by atoms with Gasteiger partial charge >= 0.3 is 0 Å². The number of amides is 1. The van der Waals surface area contributed by atoms with Gasteiger partial charge in [-0.25, -0.2) is 17.4 Å². The Morgan fingerprint density at radius 3 is 2.21 bits per heavy atom. The van der Waals surface area contributed by atoms with Crippen molar-refractivity contribution in [2.24, 2.45) is 0 Å². The number of aromatic nitrogens is 2. The lowest BCUT2D eigenvalue weighted by atomic mass is 10.0. The van der Waals surface area contributed by atoms with Crippen LogP contribution in [-0.4, -0.2) is 86.4 Å². The van der Waals surface area contributed by atoms with E-state index in [0.29, 0.717) is 22.6 Å². The topological polar surface area (TPSA) is 90.8 Å². The molecule has 242 valence electrons. The highest BCUT2D eigenvalue weighted by molar-refractivity contribution is 7.90. The predicted octanol–water partition coefficient (Wildman–Crippen LogP) is 5.94. The zero-order valence-corrected chi connectivity index (χ0v) is 28.1. The summed E-state index contributed by atoms with van der Waals surface area (Å²) in [5.74, 6) is -0.0967. The van der Waals surface area contributed by atoms with Gasteiger partial charge in [-0.15, -0.1) is 0 Å². The summed E-state index contributed by atoms with van der Waals surface area (Å²) in [4.78, 5) is 23.9. The first-order valence-corrected chi connectivity index (χ1v) is 17.5. The van der Waals surface area contributed by atoms with Crippen molar-refractivity contribution in [1.82, 2.24) is 18.8 Å². The molecule has 2 fully saturated rings. The Kier molecular flexibility index (Phi) is 8.01. The van der Waals surface area contributed by atoms with E-state index < -0.39 is 10.0 Å². The van der Waals surface area contributed by atoms with Crippen LogP contribution in [0.1, 0.15) is 28.8 Å². The molecule has 0 spiro atoms. The Bertz CT molecular complexity index is 2060.